The zero-order chi connectivity index (χ0) is 16.8. The third-order valence-corrected chi connectivity index (χ3v) is 3.34. The van der Waals surface area contributed by atoms with E-state index in [1.54, 1.807) is 23.0 Å². The van der Waals surface area contributed by atoms with Crippen LogP contribution in [0.4, 0.5) is 5.69 Å². The number of amides is 2. The molecule has 0 saturated heterocycles. The van der Waals surface area contributed by atoms with E-state index in [9.17, 15) is 9.59 Å². The lowest BCUT2D eigenvalue weighted by Gasteiger charge is -2.15. The highest BCUT2D eigenvalue weighted by molar-refractivity contribution is 5.95. The highest BCUT2D eigenvalue weighted by Crippen LogP contribution is 2.13. The van der Waals surface area contributed by atoms with Crippen LogP contribution in [0.1, 0.15) is 13.8 Å². The molecular formula is C16H21N5O2. The summed E-state index contributed by atoms with van der Waals surface area (Å²) in [5.41, 5.74) is 7.18. The highest BCUT2D eigenvalue weighted by Gasteiger charge is 2.17. The quantitative estimate of drug-likeness (QED) is 0.737. The minimum Gasteiger partial charge on any atom is -0.346 e. The maximum absolute atomic E-state index is 11.9. The Bertz CT molecular complexity index is 667. The lowest BCUT2D eigenvalue weighted by molar-refractivity contribution is -0.125. The third-order valence-electron chi connectivity index (χ3n) is 3.34. The first-order valence-corrected chi connectivity index (χ1v) is 7.40. The molecule has 7 heteroatoms. The van der Waals surface area contributed by atoms with Crippen LogP contribution >= 0.6 is 0 Å². The van der Waals surface area contributed by atoms with Gasteiger partial charge < -0.3 is 16.4 Å². The number of hydrogen-bond acceptors (Lipinski definition) is 4. The highest BCUT2D eigenvalue weighted by atomic mass is 16.2. The lowest BCUT2D eigenvalue weighted by atomic mass is 10.1. The Balaban J connectivity index is 1.91. The molecule has 2 rings (SSSR count). The second kappa shape index (κ2) is 7.55. The van der Waals surface area contributed by atoms with Gasteiger partial charge in [0.25, 0.3) is 0 Å². The molecule has 2 aromatic rings. The summed E-state index contributed by atoms with van der Waals surface area (Å²) in [5.74, 6) is -0.629. The molecule has 0 spiro atoms. The van der Waals surface area contributed by atoms with Crippen LogP contribution in [0.15, 0.2) is 42.7 Å². The summed E-state index contributed by atoms with van der Waals surface area (Å²) in [6.07, 6.45) is 3.49. The molecule has 0 aliphatic rings. The van der Waals surface area contributed by atoms with Crippen LogP contribution in [-0.4, -0.2) is 34.2 Å². The first kappa shape index (κ1) is 16.7. The standard InChI is InChI=1S/C16H21N5O2/c1-11(2)15(17)16(23)18-10-14(22)20-12-5-3-6-13(9-12)21-8-4-7-19-21/h3-9,11,15H,10,17H2,1-2H3,(H,18,23)(H,20,22)/t15-/m0/s1. The van der Waals surface area contributed by atoms with E-state index >= 15 is 0 Å². The van der Waals surface area contributed by atoms with E-state index < -0.39 is 6.04 Å². The topological polar surface area (TPSA) is 102 Å². The predicted octanol–water partition coefficient (Wildman–Crippen LogP) is 0.910. The van der Waals surface area contributed by atoms with Crippen molar-refractivity contribution in [3.63, 3.8) is 0 Å². The Morgan fingerprint density at radius 3 is 2.74 bits per heavy atom. The fraction of sp³-hybridized carbons (Fsp3) is 0.312. The fourth-order valence-corrected chi connectivity index (χ4v) is 1.94. The molecule has 0 saturated carbocycles. The van der Waals surface area contributed by atoms with Crippen molar-refractivity contribution in [1.82, 2.24) is 15.1 Å². The van der Waals surface area contributed by atoms with Crippen LogP contribution in [0.2, 0.25) is 0 Å². The van der Waals surface area contributed by atoms with Gasteiger partial charge in [-0.2, -0.15) is 5.10 Å². The van der Waals surface area contributed by atoms with Gasteiger partial charge in [0.1, 0.15) is 0 Å². The fourth-order valence-electron chi connectivity index (χ4n) is 1.94. The molecule has 0 aliphatic carbocycles. The summed E-state index contributed by atoms with van der Waals surface area (Å²) in [7, 11) is 0. The molecule has 1 aromatic carbocycles. The Morgan fingerprint density at radius 2 is 2.09 bits per heavy atom. The van der Waals surface area contributed by atoms with E-state index in [-0.39, 0.29) is 24.3 Å². The van der Waals surface area contributed by atoms with Crippen molar-refractivity contribution in [2.24, 2.45) is 11.7 Å². The van der Waals surface area contributed by atoms with Gasteiger partial charge in [0.15, 0.2) is 0 Å². The van der Waals surface area contributed by atoms with E-state index in [0.717, 1.165) is 5.69 Å². The predicted molar refractivity (Wildman–Crippen MR) is 88.0 cm³/mol. The SMILES string of the molecule is CC(C)[C@H](N)C(=O)NCC(=O)Nc1cccc(-n2cccn2)c1. The van der Waals surface area contributed by atoms with Crippen molar-refractivity contribution in [1.29, 1.82) is 0 Å². The van der Waals surface area contributed by atoms with Crippen molar-refractivity contribution < 1.29 is 9.59 Å². The third kappa shape index (κ3) is 4.65. The molecule has 23 heavy (non-hydrogen) atoms. The van der Waals surface area contributed by atoms with Crippen LogP contribution in [0.25, 0.3) is 5.69 Å². The summed E-state index contributed by atoms with van der Waals surface area (Å²) in [6.45, 7) is 3.58. The van der Waals surface area contributed by atoms with Gasteiger partial charge in [-0.05, 0) is 30.2 Å². The molecule has 0 radical (unpaired) electrons. The lowest BCUT2D eigenvalue weighted by Crippen LogP contribution is -2.46. The van der Waals surface area contributed by atoms with Crippen LogP contribution in [0.5, 0.6) is 0 Å². The van der Waals surface area contributed by atoms with Gasteiger partial charge >= 0.3 is 0 Å². The van der Waals surface area contributed by atoms with Gasteiger partial charge in [-0.15, -0.1) is 0 Å². The molecule has 0 aliphatic heterocycles. The van der Waals surface area contributed by atoms with E-state index in [2.05, 4.69) is 15.7 Å². The van der Waals surface area contributed by atoms with Gasteiger partial charge in [-0.3, -0.25) is 9.59 Å². The summed E-state index contributed by atoms with van der Waals surface area (Å²) in [5, 5.41) is 9.40. The van der Waals surface area contributed by atoms with Crippen molar-refractivity contribution in [2.75, 3.05) is 11.9 Å². The second-order valence-corrected chi connectivity index (χ2v) is 5.54. The van der Waals surface area contributed by atoms with Crippen LogP contribution in [-0.2, 0) is 9.59 Å². The number of nitrogens with one attached hydrogen (secondary N) is 2. The summed E-state index contributed by atoms with van der Waals surface area (Å²) in [4.78, 5) is 23.6. The minimum atomic E-state index is -0.619. The van der Waals surface area contributed by atoms with Crippen LogP contribution < -0.4 is 16.4 Å². The molecule has 0 bridgehead atoms. The first-order valence-electron chi connectivity index (χ1n) is 7.40. The van der Waals surface area contributed by atoms with Crippen LogP contribution in [0.3, 0.4) is 0 Å². The van der Waals surface area contributed by atoms with Gasteiger partial charge in [0, 0.05) is 18.1 Å². The van der Waals surface area contributed by atoms with Crippen LogP contribution in [0, 0.1) is 5.92 Å². The summed E-state index contributed by atoms with van der Waals surface area (Å²) in [6, 6.07) is 8.47. The minimum absolute atomic E-state index is 0.0174. The van der Waals surface area contributed by atoms with E-state index in [4.69, 9.17) is 5.73 Å². The maximum atomic E-state index is 11.9. The van der Waals surface area contributed by atoms with Crippen molar-refractivity contribution in [2.45, 2.75) is 19.9 Å². The molecule has 0 fully saturated rings. The number of carbonyl (C=O) groups is 2. The average Bonchev–Trinajstić information content (AvgIpc) is 3.06. The van der Waals surface area contributed by atoms with E-state index in [1.807, 2.05) is 38.2 Å². The normalized spacial score (nSPS) is 12.0. The monoisotopic (exact) mass is 315 g/mol. The number of hydrogen-bond donors (Lipinski definition) is 3. The maximum Gasteiger partial charge on any atom is 0.243 e. The van der Waals surface area contributed by atoms with Gasteiger partial charge in [-0.25, -0.2) is 4.68 Å². The van der Waals surface area contributed by atoms with Crippen molar-refractivity contribution >= 4 is 17.5 Å². The molecule has 7 nitrogen and oxygen atoms in total. The van der Waals surface area contributed by atoms with Gasteiger partial charge in [-0.1, -0.05) is 19.9 Å². The average molecular weight is 315 g/mol. The Hall–Kier alpha value is -2.67. The molecule has 122 valence electrons. The Morgan fingerprint density at radius 1 is 1.30 bits per heavy atom. The van der Waals surface area contributed by atoms with Gasteiger partial charge in [0.2, 0.25) is 11.8 Å². The van der Waals surface area contributed by atoms with Crippen molar-refractivity contribution in [3.05, 3.63) is 42.7 Å². The number of rotatable bonds is 6. The molecule has 0 unspecified atom stereocenters. The molecule has 1 heterocycles. The molecule has 4 N–H and O–H groups in total. The molecule has 2 amide bonds. The zero-order valence-corrected chi connectivity index (χ0v) is 13.2. The number of nitrogens with two attached hydrogens (primary N) is 1. The molecule has 1 aromatic heterocycles. The molecular weight excluding hydrogens is 294 g/mol. The Labute approximate surface area is 134 Å². The number of aromatic nitrogens is 2. The number of carbonyl (C=O) groups excluding carboxylic acids is 2. The largest absolute Gasteiger partial charge is 0.346 e. The Kier molecular flexibility index (Phi) is 5.48. The van der Waals surface area contributed by atoms with E-state index in [1.165, 1.54) is 0 Å². The number of nitrogens with zero attached hydrogens (tertiary/aromatic N) is 2. The molecule has 1 atom stereocenters. The van der Waals surface area contributed by atoms with Crippen molar-refractivity contribution in [3.8, 4) is 5.69 Å². The number of benzene rings is 1. The first-order chi connectivity index (χ1) is 11.0. The number of anilines is 1. The van der Waals surface area contributed by atoms with Gasteiger partial charge in [0.05, 0.1) is 18.3 Å². The zero-order valence-electron chi connectivity index (χ0n) is 13.2. The second-order valence-electron chi connectivity index (χ2n) is 5.54. The summed E-state index contributed by atoms with van der Waals surface area (Å²) < 4.78 is 1.69. The smallest absolute Gasteiger partial charge is 0.243 e. The van der Waals surface area contributed by atoms with E-state index in [0.29, 0.717) is 5.69 Å². The summed E-state index contributed by atoms with van der Waals surface area (Å²) >= 11 is 0.